The molecule has 1 rings (SSSR count). The number of carbonyl (C=O) groups is 4. The molecule has 0 fully saturated rings. The van der Waals surface area contributed by atoms with Crippen molar-refractivity contribution in [3.05, 3.63) is 34.9 Å². The van der Waals surface area contributed by atoms with Crippen LogP contribution in [0.3, 0.4) is 0 Å². The van der Waals surface area contributed by atoms with Gasteiger partial charge in [0.1, 0.15) is 17.7 Å². The van der Waals surface area contributed by atoms with Crippen molar-refractivity contribution in [2.45, 2.75) is 118 Å². The molecule has 39 heavy (non-hydrogen) atoms. The Balaban J connectivity index is 3.52. The minimum absolute atomic E-state index is 0.282. The van der Waals surface area contributed by atoms with E-state index in [1.54, 1.807) is 20.8 Å². The number of ether oxygens (including phenoxy) is 1. The first-order valence-electron chi connectivity index (χ1n) is 14.2. The number of alkyl carbamates (subject to hydrolysis) is 1. The maximum absolute atomic E-state index is 14.1. The van der Waals surface area contributed by atoms with Crippen LogP contribution in [0.15, 0.2) is 18.2 Å². The van der Waals surface area contributed by atoms with Gasteiger partial charge >= 0.3 is 6.09 Å². The number of nitrogens with two attached hydrogens (primary N) is 1. The van der Waals surface area contributed by atoms with Crippen molar-refractivity contribution in [2.75, 3.05) is 13.1 Å². The predicted octanol–water partition coefficient (Wildman–Crippen LogP) is 4.83. The molecule has 220 valence electrons. The molecule has 1 aromatic carbocycles. The standard InChI is InChI=1S/C30H50N4O5/c1-8-10-12-14-18-34(28(37)24(20-25(31)35)33-29(38)39-30(5,6)7)26(27(36)32-17-13-11-9-2)23-19-21(3)15-16-22(23)4/h15-16,19,24,26H,8-14,17-18,20H2,1-7H3,(H2,31,35)(H,32,36)(H,33,38). The van der Waals surface area contributed by atoms with Crippen LogP contribution in [0, 0.1) is 13.8 Å². The van der Waals surface area contributed by atoms with Gasteiger partial charge in [-0.15, -0.1) is 0 Å². The minimum atomic E-state index is -1.27. The third-order valence-corrected chi connectivity index (χ3v) is 6.30. The van der Waals surface area contributed by atoms with Crippen LogP contribution in [0.4, 0.5) is 4.79 Å². The van der Waals surface area contributed by atoms with E-state index in [0.29, 0.717) is 18.5 Å². The van der Waals surface area contributed by atoms with Crippen molar-refractivity contribution >= 4 is 23.8 Å². The topological polar surface area (TPSA) is 131 Å². The molecule has 0 aliphatic heterocycles. The van der Waals surface area contributed by atoms with Gasteiger partial charge in [-0.3, -0.25) is 14.4 Å². The third kappa shape index (κ3) is 12.5. The van der Waals surface area contributed by atoms with Crippen LogP contribution >= 0.6 is 0 Å². The number of amides is 4. The summed E-state index contributed by atoms with van der Waals surface area (Å²) in [6, 6.07) is 3.60. The molecule has 0 radical (unpaired) electrons. The molecular weight excluding hydrogens is 496 g/mol. The van der Waals surface area contributed by atoms with Crippen LogP contribution in [0.25, 0.3) is 0 Å². The Labute approximate surface area is 234 Å². The molecule has 0 heterocycles. The molecule has 2 unspecified atom stereocenters. The summed E-state index contributed by atoms with van der Waals surface area (Å²) in [5, 5.41) is 5.55. The van der Waals surface area contributed by atoms with E-state index in [2.05, 4.69) is 24.5 Å². The SMILES string of the molecule is CCCCCCN(C(=O)C(CC(N)=O)NC(=O)OC(C)(C)C)C(C(=O)NCCCCC)c1cc(C)ccc1C. The zero-order valence-electron chi connectivity index (χ0n) is 25.0. The van der Waals surface area contributed by atoms with E-state index < -0.39 is 42.0 Å². The molecule has 0 spiro atoms. The van der Waals surface area contributed by atoms with Crippen molar-refractivity contribution < 1.29 is 23.9 Å². The van der Waals surface area contributed by atoms with E-state index in [-0.39, 0.29) is 12.5 Å². The van der Waals surface area contributed by atoms with Gasteiger partial charge in [-0.2, -0.15) is 0 Å². The molecule has 9 nitrogen and oxygen atoms in total. The van der Waals surface area contributed by atoms with E-state index >= 15 is 0 Å². The highest BCUT2D eigenvalue weighted by molar-refractivity contribution is 5.94. The molecule has 0 aliphatic rings. The number of hydrogen-bond acceptors (Lipinski definition) is 5. The number of benzene rings is 1. The zero-order valence-corrected chi connectivity index (χ0v) is 25.0. The summed E-state index contributed by atoms with van der Waals surface area (Å²) in [5.74, 6) is -1.59. The number of carbonyl (C=O) groups excluding carboxylic acids is 4. The van der Waals surface area contributed by atoms with E-state index in [1.165, 1.54) is 4.90 Å². The lowest BCUT2D eigenvalue weighted by Gasteiger charge is -2.35. The summed E-state index contributed by atoms with van der Waals surface area (Å²) in [6.07, 6.45) is 5.12. The molecule has 0 aliphatic carbocycles. The van der Waals surface area contributed by atoms with Gasteiger partial charge < -0.3 is 26.0 Å². The van der Waals surface area contributed by atoms with E-state index in [1.807, 2.05) is 32.0 Å². The number of nitrogens with one attached hydrogen (secondary N) is 2. The molecular formula is C30H50N4O5. The fraction of sp³-hybridized carbons (Fsp3) is 0.667. The van der Waals surface area contributed by atoms with Crippen molar-refractivity contribution in [2.24, 2.45) is 5.73 Å². The van der Waals surface area contributed by atoms with E-state index in [0.717, 1.165) is 49.7 Å². The van der Waals surface area contributed by atoms with Crippen molar-refractivity contribution in [1.82, 2.24) is 15.5 Å². The highest BCUT2D eigenvalue weighted by Crippen LogP contribution is 2.28. The van der Waals surface area contributed by atoms with Crippen LogP contribution in [0.2, 0.25) is 0 Å². The quantitative estimate of drug-likeness (QED) is 0.256. The number of hydrogen-bond donors (Lipinski definition) is 3. The summed E-state index contributed by atoms with van der Waals surface area (Å²) in [7, 11) is 0. The lowest BCUT2D eigenvalue weighted by atomic mass is 9.95. The van der Waals surface area contributed by atoms with Crippen molar-refractivity contribution in [1.29, 1.82) is 0 Å². The second kappa shape index (κ2) is 16.8. The second-order valence-corrected chi connectivity index (χ2v) is 11.2. The molecule has 1 aromatic rings. The average molecular weight is 547 g/mol. The number of nitrogens with zero attached hydrogens (tertiary/aromatic N) is 1. The molecule has 0 bridgehead atoms. The third-order valence-electron chi connectivity index (χ3n) is 6.30. The number of unbranched alkanes of at least 4 members (excludes halogenated alkanes) is 5. The Bertz CT molecular complexity index is 957. The van der Waals surface area contributed by atoms with Crippen molar-refractivity contribution in [3.63, 3.8) is 0 Å². The molecule has 4 N–H and O–H groups in total. The fourth-order valence-electron chi connectivity index (χ4n) is 4.32. The Morgan fingerprint density at radius 3 is 2.21 bits per heavy atom. The van der Waals surface area contributed by atoms with E-state index in [4.69, 9.17) is 10.5 Å². The molecule has 0 saturated carbocycles. The molecule has 9 heteroatoms. The maximum atomic E-state index is 14.1. The predicted molar refractivity (Wildman–Crippen MR) is 154 cm³/mol. The molecule has 0 saturated heterocycles. The Hall–Kier alpha value is -3.10. The molecule has 4 amide bonds. The van der Waals surface area contributed by atoms with Gasteiger partial charge in [0.2, 0.25) is 17.7 Å². The molecule has 0 aromatic heterocycles. The fourth-order valence-corrected chi connectivity index (χ4v) is 4.32. The highest BCUT2D eigenvalue weighted by Gasteiger charge is 2.37. The van der Waals surface area contributed by atoms with Gasteiger partial charge in [-0.05, 0) is 58.6 Å². The Kier molecular flexibility index (Phi) is 14.6. The van der Waals surface area contributed by atoms with Gasteiger partial charge in [-0.25, -0.2) is 4.79 Å². The van der Waals surface area contributed by atoms with Gasteiger partial charge in [0.05, 0.1) is 6.42 Å². The number of aryl methyl sites for hydroxylation is 2. The lowest BCUT2D eigenvalue weighted by molar-refractivity contribution is -0.143. The van der Waals surface area contributed by atoms with Crippen LogP contribution < -0.4 is 16.4 Å². The highest BCUT2D eigenvalue weighted by atomic mass is 16.6. The first kappa shape index (κ1) is 33.9. The Morgan fingerprint density at radius 2 is 1.62 bits per heavy atom. The summed E-state index contributed by atoms with van der Waals surface area (Å²) >= 11 is 0. The van der Waals surface area contributed by atoms with Crippen molar-refractivity contribution in [3.8, 4) is 0 Å². The summed E-state index contributed by atoms with van der Waals surface area (Å²) in [4.78, 5) is 53.9. The number of primary amides is 1. The van der Waals surface area contributed by atoms with Gasteiger partial charge in [0, 0.05) is 13.1 Å². The van der Waals surface area contributed by atoms with Crippen LogP contribution in [0.5, 0.6) is 0 Å². The van der Waals surface area contributed by atoms with Gasteiger partial charge in [-0.1, -0.05) is 69.7 Å². The number of rotatable bonds is 16. The molecule has 2 atom stereocenters. The second-order valence-electron chi connectivity index (χ2n) is 11.2. The minimum Gasteiger partial charge on any atom is -0.444 e. The average Bonchev–Trinajstić information content (AvgIpc) is 2.83. The summed E-state index contributed by atoms with van der Waals surface area (Å²) < 4.78 is 5.34. The van der Waals surface area contributed by atoms with Gasteiger partial charge in [0.25, 0.3) is 0 Å². The summed E-state index contributed by atoms with van der Waals surface area (Å²) in [5.41, 5.74) is 7.21. The first-order valence-corrected chi connectivity index (χ1v) is 14.2. The van der Waals surface area contributed by atoms with Crippen LogP contribution in [-0.2, 0) is 19.1 Å². The Morgan fingerprint density at radius 1 is 0.974 bits per heavy atom. The van der Waals surface area contributed by atoms with Crippen LogP contribution in [-0.4, -0.2) is 53.4 Å². The monoisotopic (exact) mass is 546 g/mol. The zero-order chi connectivity index (χ0) is 29.6. The normalized spacial score (nSPS) is 12.8. The van der Waals surface area contributed by atoms with Gasteiger partial charge in [0.15, 0.2) is 0 Å². The maximum Gasteiger partial charge on any atom is 0.408 e. The van der Waals surface area contributed by atoms with E-state index in [9.17, 15) is 19.2 Å². The lowest BCUT2D eigenvalue weighted by Crippen LogP contribution is -2.54. The smallest absolute Gasteiger partial charge is 0.408 e. The largest absolute Gasteiger partial charge is 0.444 e. The first-order chi connectivity index (χ1) is 18.3. The summed E-state index contributed by atoms with van der Waals surface area (Å²) in [6.45, 7) is 13.9. The van der Waals surface area contributed by atoms with Crippen LogP contribution in [0.1, 0.15) is 109 Å².